The largest absolute Gasteiger partial charge is 0.243 e. The maximum absolute atomic E-state index is 12.7. The number of hydrogen-bond donors (Lipinski definition) is 0. The highest BCUT2D eigenvalue weighted by atomic mass is 19.1. The molecule has 0 N–H and O–H groups in total. The van der Waals surface area contributed by atoms with E-state index in [4.69, 9.17) is 0 Å². The van der Waals surface area contributed by atoms with Crippen molar-refractivity contribution in [1.29, 1.82) is 0 Å². The van der Waals surface area contributed by atoms with E-state index in [0.717, 1.165) is 11.1 Å². The first-order chi connectivity index (χ1) is 4.72. The van der Waals surface area contributed by atoms with Crippen LogP contribution in [0.1, 0.15) is 24.2 Å². The van der Waals surface area contributed by atoms with Gasteiger partial charge in [-0.15, -0.1) is 0 Å². The predicted molar refractivity (Wildman–Crippen MR) is 40.7 cm³/mol. The third kappa shape index (κ3) is 1.35. The van der Waals surface area contributed by atoms with Gasteiger partial charge in [-0.2, -0.15) is 0 Å². The highest BCUT2D eigenvalue weighted by Gasteiger charge is 2.03. The molecule has 0 aliphatic rings. The molecule has 0 saturated heterocycles. The summed E-state index contributed by atoms with van der Waals surface area (Å²) in [4.78, 5) is 0. The molecule has 1 heteroatoms. The molecule has 0 fully saturated rings. The molecule has 54 valence electrons. The van der Waals surface area contributed by atoms with E-state index < -0.39 is 6.17 Å². The minimum atomic E-state index is -0.846. The maximum Gasteiger partial charge on any atom is 0.123 e. The van der Waals surface area contributed by atoms with E-state index in [9.17, 15) is 4.39 Å². The summed E-state index contributed by atoms with van der Waals surface area (Å²) in [6, 6.07) is 7.52. The Morgan fingerprint density at radius 2 is 1.90 bits per heavy atom. The van der Waals surface area contributed by atoms with Gasteiger partial charge in [-0.05, 0) is 25.0 Å². The van der Waals surface area contributed by atoms with Crippen LogP contribution in [0.5, 0.6) is 0 Å². The van der Waals surface area contributed by atoms with Gasteiger partial charge in [-0.25, -0.2) is 4.39 Å². The maximum atomic E-state index is 12.7. The Hall–Kier alpha value is -0.850. The van der Waals surface area contributed by atoms with Crippen molar-refractivity contribution in [3.05, 3.63) is 35.4 Å². The topological polar surface area (TPSA) is 0 Å². The van der Waals surface area contributed by atoms with Gasteiger partial charge in [0.25, 0.3) is 0 Å². The molecule has 0 radical (unpaired) electrons. The summed E-state index contributed by atoms with van der Waals surface area (Å²) >= 11 is 0. The molecule has 1 atom stereocenters. The lowest BCUT2D eigenvalue weighted by atomic mass is 10.1. The van der Waals surface area contributed by atoms with Gasteiger partial charge in [0.15, 0.2) is 0 Å². The molecule has 0 aliphatic heterocycles. The normalized spacial score (nSPS) is 13.1. The number of alkyl halides is 1. The van der Waals surface area contributed by atoms with Crippen molar-refractivity contribution in [1.82, 2.24) is 0 Å². The first kappa shape index (κ1) is 7.26. The zero-order chi connectivity index (χ0) is 7.56. The lowest BCUT2D eigenvalue weighted by molar-refractivity contribution is 0.373. The van der Waals surface area contributed by atoms with Gasteiger partial charge in [0.1, 0.15) is 6.17 Å². The quantitative estimate of drug-likeness (QED) is 0.559. The van der Waals surface area contributed by atoms with Crippen molar-refractivity contribution in [3.8, 4) is 0 Å². The van der Waals surface area contributed by atoms with Crippen LogP contribution in [0, 0.1) is 6.92 Å². The van der Waals surface area contributed by atoms with Crippen LogP contribution in [0.2, 0.25) is 0 Å². The van der Waals surface area contributed by atoms with Crippen LogP contribution in [0.3, 0.4) is 0 Å². The minimum Gasteiger partial charge on any atom is -0.243 e. The van der Waals surface area contributed by atoms with Crippen molar-refractivity contribution < 1.29 is 4.39 Å². The van der Waals surface area contributed by atoms with E-state index >= 15 is 0 Å². The van der Waals surface area contributed by atoms with Gasteiger partial charge in [-0.3, -0.25) is 0 Å². The summed E-state index contributed by atoms with van der Waals surface area (Å²) in [5.41, 5.74) is 1.82. The van der Waals surface area contributed by atoms with E-state index in [1.165, 1.54) is 0 Å². The first-order valence-corrected chi connectivity index (χ1v) is 3.41. The number of halogens is 1. The first-order valence-electron chi connectivity index (χ1n) is 3.41. The second kappa shape index (κ2) is 2.82. The Morgan fingerprint density at radius 1 is 1.30 bits per heavy atom. The summed E-state index contributed by atoms with van der Waals surface area (Å²) in [7, 11) is 0. The number of rotatable bonds is 1. The number of aryl methyl sites for hydroxylation is 1. The molecule has 0 heterocycles. The van der Waals surface area contributed by atoms with Gasteiger partial charge >= 0.3 is 0 Å². The van der Waals surface area contributed by atoms with Crippen LogP contribution in [0.15, 0.2) is 24.3 Å². The number of benzene rings is 1. The van der Waals surface area contributed by atoms with E-state index in [0.29, 0.717) is 0 Å². The van der Waals surface area contributed by atoms with E-state index in [-0.39, 0.29) is 0 Å². The molecule has 0 spiro atoms. The Balaban J connectivity index is 3.03. The van der Waals surface area contributed by atoms with Gasteiger partial charge in [0.2, 0.25) is 0 Å². The fourth-order valence-electron chi connectivity index (χ4n) is 1.03. The molecule has 0 aliphatic carbocycles. The predicted octanol–water partition coefficient (Wildman–Crippen LogP) is 3.03. The van der Waals surface area contributed by atoms with Crippen LogP contribution < -0.4 is 0 Å². The summed E-state index contributed by atoms with van der Waals surface area (Å²) < 4.78 is 12.7. The van der Waals surface area contributed by atoms with Gasteiger partial charge in [0, 0.05) is 0 Å². The van der Waals surface area contributed by atoms with Crippen molar-refractivity contribution in [2.24, 2.45) is 0 Å². The minimum absolute atomic E-state index is 0.794. The fourth-order valence-corrected chi connectivity index (χ4v) is 1.03. The van der Waals surface area contributed by atoms with Gasteiger partial charge in [0.05, 0.1) is 0 Å². The summed E-state index contributed by atoms with van der Waals surface area (Å²) in [5, 5.41) is 0. The van der Waals surface area contributed by atoms with Crippen LogP contribution in [-0.2, 0) is 0 Å². The molecule has 10 heavy (non-hydrogen) atoms. The summed E-state index contributed by atoms with van der Waals surface area (Å²) in [5.74, 6) is 0. The Bertz CT molecular complexity index is 216. The van der Waals surface area contributed by atoms with Crippen LogP contribution >= 0.6 is 0 Å². The molecular formula is C9H11F. The molecule has 0 aromatic heterocycles. The lowest BCUT2D eigenvalue weighted by Crippen LogP contribution is -1.88. The smallest absolute Gasteiger partial charge is 0.123 e. The van der Waals surface area contributed by atoms with Crippen molar-refractivity contribution in [2.45, 2.75) is 20.0 Å². The van der Waals surface area contributed by atoms with E-state index in [2.05, 4.69) is 0 Å². The molecule has 1 unspecified atom stereocenters. The molecule has 1 aromatic carbocycles. The highest BCUT2D eigenvalue weighted by molar-refractivity contribution is 5.26. The van der Waals surface area contributed by atoms with Gasteiger partial charge < -0.3 is 0 Å². The third-order valence-corrected chi connectivity index (χ3v) is 1.62. The summed E-state index contributed by atoms with van der Waals surface area (Å²) in [6.45, 7) is 3.48. The summed E-state index contributed by atoms with van der Waals surface area (Å²) in [6.07, 6.45) is -0.846. The van der Waals surface area contributed by atoms with Crippen molar-refractivity contribution in [3.63, 3.8) is 0 Å². The highest BCUT2D eigenvalue weighted by Crippen LogP contribution is 2.19. The zero-order valence-electron chi connectivity index (χ0n) is 6.26. The second-order valence-corrected chi connectivity index (χ2v) is 2.47. The van der Waals surface area contributed by atoms with E-state index in [1.807, 2.05) is 31.2 Å². The van der Waals surface area contributed by atoms with E-state index in [1.54, 1.807) is 6.92 Å². The average Bonchev–Trinajstić information content (AvgIpc) is 1.88. The molecule has 0 amide bonds. The molecular weight excluding hydrogens is 127 g/mol. The molecule has 0 saturated carbocycles. The van der Waals surface area contributed by atoms with Crippen LogP contribution in [-0.4, -0.2) is 0 Å². The van der Waals surface area contributed by atoms with Crippen molar-refractivity contribution in [2.75, 3.05) is 0 Å². The van der Waals surface area contributed by atoms with Crippen LogP contribution in [0.4, 0.5) is 4.39 Å². The monoisotopic (exact) mass is 138 g/mol. The standard InChI is InChI=1S/C9H11F/c1-7-5-3-4-6-9(7)8(2)10/h3-6,8H,1-2H3. The molecule has 1 aromatic rings. The average molecular weight is 138 g/mol. The fraction of sp³-hybridized carbons (Fsp3) is 0.333. The van der Waals surface area contributed by atoms with Gasteiger partial charge in [-0.1, -0.05) is 24.3 Å². The Labute approximate surface area is 60.7 Å². The zero-order valence-corrected chi connectivity index (χ0v) is 6.26. The Kier molecular flexibility index (Phi) is 2.05. The second-order valence-electron chi connectivity index (χ2n) is 2.47. The SMILES string of the molecule is Cc1ccccc1C(C)F. The molecule has 0 nitrogen and oxygen atoms in total. The Morgan fingerprint density at radius 3 is 2.30 bits per heavy atom. The van der Waals surface area contributed by atoms with Crippen molar-refractivity contribution >= 4 is 0 Å². The lowest BCUT2D eigenvalue weighted by Gasteiger charge is -2.04. The number of hydrogen-bond acceptors (Lipinski definition) is 0. The third-order valence-electron chi connectivity index (χ3n) is 1.62. The van der Waals surface area contributed by atoms with Crippen LogP contribution in [0.25, 0.3) is 0 Å². The molecule has 0 bridgehead atoms. The molecule has 1 rings (SSSR count).